The zero-order valence-corrected chi connectivity index (χ0v) is 17.6. The molecule has 148 valence electrons. The van der Waals surface area contributed by atoms with E-state index in [2.05, 4.69) is 9.97 Å². The van der Waals surface area contributed by atoms with E-state index in [0.29, 0.717) is 11.9 Å². The molecule has 0 saturated carbocycles. The van der Waals surface area contributed by atoms with Crippen molar-refractivity contribution in [1.29, 1.82) is 0 Å². The highest BCUT2D eigenvalue weighted by molar-refractivity contribution is 7.22. The second kappa shape index (κ2) is 7.59. The SMILES string of the molecule is Cc1c(-c2ccccc2)sc2ncn(Cc3csc(-c4ccc(F)cc4)n3)c(=O)c12. The van der Waals surface area contributed by atoms with E-state index < -0.39 is 0 Å². The standard InChI is InChI=1S/C23H16FN3OS2/c1-14-19-22(30-20(14)15-5-3-2-4-6-15)25-13-27(23(19)28)11-18-12-29-21(26-18)16-7-9-17(24)10-8-16/h2-10,12-13H,11H2,1H3. The molecule has 0 N–H and O–H groups in total. The molecule has 7 heteroatoms. The van der Waals surface area contributed by atoms with Crippen LogP contribution in [0.1, 0.15) is 11.3 Å². The largest absolute Gasteiger partial charge is 0.293 e. The Labute approximate surface area is 179 Å². The van der Waals surface area contributed by atoms with Crippen LogP contribution < -0.4 is 5.56 Å². The predicted molar refractivity (Wildman–Crippen MR) is 121 cm³/mol. The van der Waals surface area contributed by atoms with Crippen molar-refractivity contribution in [2.24, 2.45) is 0 Å². The molecule has 5 rings (SSSR count). The van der Waals surface area contributed by atoms with Crippen molar-refractivity contribution >= 4 is 32.9 Å². The Hall–Kier alpha value is -3.16. The van der Waals surface area contributed by atoms with E-state index in [9.17, 15) is 9.18 Å². The normalized spacial score (nSPS) is 11.3. The van der Waals surface area contributed by atoms with Crippen LogP contribution in [0, 0.1) is 12.7 Å². The summed E-state index contributed by atoms with van der Waals surface area (Å²) in [6, 6.07) is 16.3. The van der Waals surface area contributed by atoms with Crippen LogP contribution in [0.15, 0.2) is 71.1 Å². The van der Waals surface area contributed by atoms with E-state index in [1.165, 1.54) is 23.5 Å². The lowest BCUT2D eigenvalue weighted by Gasteiger charge is -2.03. The number of hydrogen-bond acceptors (Lipinski definition) is 5. The number of thiophene rings is 1. The van der Waals surface area contributed by atoms with E-state index in [-0.39, 0.29) is 11.4 Å². The lowest BCUT2D eigenvalue weighted by Crippen LogP contribution is -2.21. The molecule has 0 saturated heterocycles. The molecule has 5 aromatic rings. The van der Waals surface area contributed by atoms with Gasteiger partial charge in [-0.25, -0.2) is 14.4 Å². The minimum atomic E-state index is -0.275. The number of halogens is 1. The molecule has 0 spiro atoms. The summed E-state index contributed by atoms with van der Waals surface area (Å²) < 4.78 is 14.7. The average molecular weight is 434 g/mol. The van der Waals surface area contributed by atoms with E-state index in [4.69, 9.17) is 0 Å². The van der Waals surface area contributed by atoms with Crippen LogP contribution in [-0.2, 0) is 6.54 Å². The van der Waals surface area contributed by atoms with Crippen molar-refractivity contribution in [3.05, 3.63) is 93.7 Å². The van der Waals surface area contributed by atoms with Crippen molar-refractivity contribution in [1.82, 2.24) is 14.5 Å². The fourth-order valence-electron chi connectivity index (χ4n) is 3.42. The van der Waals surface area contributed by atoms with Gasteiger partial charge < -0.3 is 0 Å². The highest BCUT2D eigenvalue weighted by Gasteiger charge is 2.16. The number of aryl methyl sites for hydroxylation is 1. The summed E-state index contributed by atoms with van der Waals surface area (Å²) in [5.41, 5.74) is 3.62. The highest BCUT2D eigenvalue weighted by atomic mass is 32.1. The van der Waals surface area contributed by atoms with Gasteiger partial charge in [0.25, 0.3) is 5.56 Å². The maximum Gasteiger partial charge on any atom is 0.262 e. The summed E-state index contributed by atoms with van der Waals surface area (Å²) in [5.74, 6) is -0.275. The van der Waals surface area contributed by atoms with Gasteiger partial charge >= 0.3 is 0 Å². The number of fused-ring (bicyclic) bond motifs is 1. The number of nitrogens with zero attached hydrogens (tertiary/aromatic N) is 3. The molecule has 3 heterocycles. The van der Waals surface area contributed by atoms with Crippen LogP contribution in [0.25, 0.3) is 31.2 Å². The minimum Gasteiger partial charge on any atom is -0.293 e. The third-order valence-corrected chi connectivity index (χ3v) is 7.12. The molecular weight excluding hydrogens is 417 g/mol. The van der Waals surface area contributed by atoms with Gasteiger partial charge in [0.15, 0.2) is 0 Å². The molecule has 2 aromatic carbocycles. The average Bonchev–Trinajstić information content (AvgIpc) is 3.36. The van der Waals surface area contributed by atoms with Gasteiger partial charge in [-0.1, -0.05) is 30.3 Å². The van der Waals surface area contributed by atoms with Gasteiger partial charge in [-0.3, -0.25) is 9.36 Å². The Morgan fingerprint density at radius 3 is 2.57 bits per heavy atom. The molecule has 30 heavy (non-hydrogen) atoms. The van der Waals surface area contributed by atoms with Crippen LogP contribution in [0.2, 0.25) is 0 Å². The van der Waals surface area contributed by atoms with Crippen molar-refractivity contribution in [2.45, 2.75) is 13.5 Å². The fraction of sp³-hybridized carbons (Fsp3) is 0.0870. The number of thiazole rings is 1. The van der Waals surface area contributed by atoms with Crippen LogP contribution in [0.3, 0.4) is 0 Å². The molecule has 0 unspecified atom stereocenters. The summed E-state index contributed by atoms with van der Waals surface area (Å²) in [5, 5.41) is 3.38. The van der Waals surface area contributed by atoms with E-state index >= 15 is 0 Å². The topological polar surface area (TPSA) is 47.8 Å². The monoisotopic (exact) mass is 433 g/mol. The maximum atomic E-state index is 13.2. The lowest BCUT2D eigenvalue weighted by atomic mass is 10.1. The molecule has 0 fully saturated rings. The quantitative estimate of drug-likeness (QED) is 0.363. The number of benzene rings is 2. The van der Waals surface area contributed by atoms with E-state index in [1.807, 2.05) is 42.6 Å². The molecule has 0 aliphatic carbocycles. The maximum absolute atomic E-state index is 13.2. The smallest absolute Gasteiger partial charge is 0.262 e. The summed E-state index contributed by atoms with van der Waals surface area (Å²) in [6.07, 6.45) is 1.59. The first-order chi connectivity index (χ1) is 14.6. The van der Waals surface area contributed by atoms with Crippen molar-refractivity contribution in [3.8, 4) is 21.0 Å². The number of rotatable bonds is 4. The second-order valence-electron chi connectivity index (χ2n) is 6.93. The van der Waals surface area contributed by atoms with Gasteiger partial charge in [0.05, 0.1) is 24.0 Å². The third kappa shape index (κ3) is 3.36. The Bertz CT molecular complexity index is 1400. The Kier molecular flexibility index (Phi) is 4.77. The minimum absolute atomic E-state index is 0.0627. The first-order valence-electron chi connectivity index (χ1n) is 9.34. The fourth-order valence-corrected chi connectivity index (χ4v) is 5.38. The first-order valence-corrected chi connectivity index (χ1v) is 11.0. The van der Waals surface area contributed by atoms with Gasteiger partial charge in [0.1, 0.15) is 15.7 Å². The number of hydrogen-bond donors (Lipinski definition) is 0. The highest BCUT2D eigenvalue weighted by Crippen LogP contribution is 2.35. The second-order valence-corrected chi connectivity index (χ2v) is 8.79. The van der Waals surface area contributed by atoms with Gasteiger partial charge in [-0.15, -0.1) is 22.7 Å². The van der Waals surface area contributed by atoms with Gasteiger partial charge in [-0.2, -0.15) is 0 Å². The summed E-state index contributed by atoms with van der Waals surface area (Å²) in [7, 11) is 0. The Morgan fingerprint density at radius 2 is 1.80 bits per heavy atom. The van der Waals surface area contributed by atoms with Gasteiger partial charge in [0, 0.05) is 15.8 Å². The molecule has 0 aliphatic rings. The lowest BCUT2D eigenvalue weighted by molar-refractivity contribution is 0.628. The Balaban J connectivity index is 1.50. The molecular formula is C23H16FN3OS2. The molecule has 0 radical (unpaired) electrons. The molecule has 0 aliphatic heterocycles. The Morgan fingerprint density at radius 1 is 1.03 bits per heavy atom. The van der Waals surface area contributed by atoms with Crippen LogP contribution in [0.5, 0.6) is 0 Å². The van der Waals surface area contributed by atoms with E-state index in [1.54, 1.807) is 34.4 Å². The van der Waals surface area contributed by atoms with Crippen LogP contribution >= 0.6 is 22.7 Å². The molecule has 0 bridgehead atoms. The molecule has 0 atom stereocenters. The summed E-state index contributed by atoms with van der Waals surface area (Å²) >= 11 is 3.01. The zero-order valence-electron chi connectivity index (χ0n) is 16.0. The zero-order chi connectivity index (χ0) is 20.7. The molecule has 3 aromatic heterocycles. The molecule has 4 nitrogen and oxygen atoms in total. The summed E-state index contributed by atoms with van der Waals surface area (Å²) in [6.45, 7) is 2.32. The van der Waals surface area contributed by atoms with Crippen molar-refractivity contribution in [3.63, 3.8) is 0 Å². The summed E-state index contributed by atoms with van der Waals surface area (Å²) in [4.78, 5) is 24.1. The predicted octanol–water partition coefficient (Wildman–Crippen LogP) is 5.74. The van der Waals surface area contributed by atoms with Gasteiger partial charge in [-0.05, 0) is 42.3 Å². The van der Waals surface area contributed by atoms with Crippen molar-refractivity contribution in [2.75, 3.05) is 0 Å². The molecule has 0 amide bonds. The van der Waals surface area contributed by atoms with E-state index in [0.717, 1.165) is 37.1 Å². The third-order valence-electron chi connectivity index (χ3n) is 4.93. The van der Waals surface area contributed by atoms with Crippen LogP contribution in [0.4, 0.5) is 4.39 Å². The van der Waals surface area contributed by atoms with Gasteiger partial charge in [0.2, 0.25) is 0 Å². The first kappa shape index (κ1) is 18.8. The van der Waals surface area contributed by atoms with Crippen molar-refractivity contribution < 1.29 is 4.39 Å². The van der Waals surface area contributed by atoms with Crippen LogP contribution in [-0.4, -0.2) is 14.5 Å². The number of aromatic nitrogens is 3.